The summed E-state index contributed by atoms with van der Waals surface area (Å²) in [6.45, 7) is 1.15. The first kappa shape index (κ1) is 20.3. The molecule has 4 rings (SSSR count). The lowest BCUT2D eigenvalue weighted by molar-refractivity contribution is 0.346. The zero-order valence-electron chi connectivity index (χ0n) is 15.5. The number of rotatable bonds is 6. The monoisotopic (exact) mass is 450 g/mol. The zero-order valence-corrected chi connectivity index (χ0v) is 17.9. The lowest BCUT2D eigenvalue weighted by atomic mass is 10.2. The standard InChI is InChI=1S/C19H19ClN4O3S2/c20-15-6-4-14(5-7-15)19-22-17(27-23-19)13-28-18-9-8-16(12-21-18)29(25,26)24-10-2-1-3-11-24/h4-9,12H,1-3,10-11,13H2. The lowest BCUT2D eigenvalue weighted by Crippen LogP contribution is -2.35. The molecule has 0 bridgehead atoms. The third-order valence-corrected chi connectivity index (χ3v) is 7.64. The third kappa shape index (κ3) is 4.80. The van der Waals surface area contributed by atoms with E-state index in [9.17, 15) is 8.42 Å². The van der Waals surface area contributed by atoms with Crippen LogP contribution in [0, 0.1) is 0 Å². The summed E-state index contributed by atoms with van der Waals surface area (Å²) in [6.07, 6.45) is 4.31. The van der Waals surface area contributed by atoms with Crippen molar-refractivity contribution in [3.63, 3.8) is 0 Å². The summed E-state index contributed by atoms with van der Waals surface area (Å²) in [7, 11) is -3.46. The molecule has 29 heavy (non-hydrogen) atoms. The summed E-state index contributed by atoms with van der Waals surface area (Å²) < 4.78 is 32.2. The maximum atomic E-state index is 12.7. The first-order valence-electron chi connectivity index (χ1n) is 9.20. The third-order valence-electron chi connectivity index (χ3n) is 4.58. The van der Waals surface area contributed by atoms with Gasteiger partial charge in [-0.25, -0.2) is 13.4 Å². The van der Waals surface area contributed by atoms with Gasteiger partial charge in [-0.1, -0.05) is 34.9 Å². The number of piperidine rings is 1. The Balaban J connectivity index is 1.39. The maximum absolute atomic E-state index is 12.7. The molecule has 0 aliphatic carbocycles. The summed E-state index contributed by atoms with van der Waals surface area (Å²) in [6, 6.07) is 10.5. The Hall–Kier alpha value is -1.94. The van der Waals surface area contributed by atoms with E-state index in [2.05, 4.69) is 15.1 Å². The molecule has 1 saturated heterocycles. The van der Waals surface area contributed by atoms with Gasteiger partial charge in [0.2, 0.25) is 21.7 Å². The van der Waals surface area contributed by atoms with Gasteiger partial charge in [-0.3, -0.25) is 0 Å². The number of aromatic nitrogens is 3. The Morgan fingerprint density at radius 2 is 1.83 bits per heavy atom. The summed E-state index contributed by atoms with van der Waals surface area (Å²) >= 11 is 7.29. The molecule has 1 fully saturated rings. The highest BCUT2D eigenvalue weighted by molar-refractivity contribution is 7.98. The Morgan fingerprint density at radius 1 is 1.07 bits per heavy atom. The number of pyridine rings is 1. The van der Waals surface area contributed by atoms with Crippen LogP contribution in [0.1, 0.15) is 25.2 Å². The molecule has 0 amide bonds. The predicted molar refractivity (Wildman–Crippen MR) is 111 cm³/mol. The van der Waals surface area contributed by atoms with Crippen LogP contribution < -0.4 is 0 Å². The highest BCUT2D eigenvalue weighted by Crippen LogP contribution is 2.25. The molecule has 0 saturated carbocycles. The van der Waals surface area contributed by atoms with Gasteiger partial charge in [-0.2, -0.15) is 9.29 Å². The van der Waals surface area contributed by atoms with Crippen molar-refractivity contribution in [2.75, 3.05) is 13.1 Å². The normalized spacial score (nSPS) is 15.5. The molecular formula is C19H19ClN4O3S2. The number of thioether (sulfide) groups is 1. The first-order chi connectivity index (χ1) is 14.0. The predicted octanol–water partition coefficient (Wildman–Crippen LogP) is 4.25. The van der Waals surface area contributed by atoms with Gasteiger partial charge in [-0.15, -0.1) is 0 Å². The fourth-order valence-corrected chi connectivity index (χ4v) is 5.29. The van der Waals surface area contributed by atoms with E-state index >= 15 is 0 Å². The minimum absolute atomic E-state index is 0.228. The maximum Gasteiger partial charge on any atom is 0.244 e. The van der Waals surface area contributed by atoms with Crippen molar-refractivity contribution in [2.45, 2.75) is 34.9 Å². The minimum Gasteiger partial charge on any atom is -0.338 e. The van der Waals surface area contributed by atoms with Gasteiger partial charge in [-0.05, 0) is 49.2 Å². The lowest BCUT2D eigenvalue weighted by Gasteiger charge is -2.25. The van der Waals surface area contributed by atoms with Gasteiger partial charge in [0.25, 0.3) is 0 Å². The van der Waals surface area contributed by atoms with Gasteiger partial charge in [0, 0.05) is 29.9 Å². The number of halogens is 1. The second-order valence-corrected chi connectivity index (χ2v) is 9.97. The zero-order chi connectivity index (χ0) is 20.3. The van der Waals surface area contributed by atoms with E-state index < -0.39 is 10.0 Å². The van der Waals surface area contributed by atoms with Crippen molar-refractivity contribution in [2.24, 2.45) is 0 Å². The fraction of sp³-hybridized carbons (Fsp3) is 0.316. The van der Waals surface area contributed by atoms with Crippen LogP contribution >= 0.6 is 23.4 Å². The summed E-state index contributed by atoms with van der Waals surface area (Å²) in [5.41, 5.74) is 0.819. The Labute approximate surface area is 178 Å². The second-order valence-electron chi connectivity index (χ2n) is 6.60. The quantitative estimate of drug-likeness (QED) is 0.518. The highest BCUT2D eigenvalue weighted by atomic mass is 35.5. The molecule has 1 aliphatic heterocycles. The molecule has 2 aromatic heterocycles. The van der Waals surface area contributed by atoms with E-state index in [4.69, 9.17) is 16.1 Å². The summed E-state index contributed by atoms with van der Waals surface area (Å²) in [5, 5.41) is 5.31. The van der Waals surface area contributed by atoms with Gasteiger partial charge in [0.15, 0.2) is 0 Å². The molecule has 0 unspecified atom stereocenters. The molecule has 10 heteroatoms. The molecule has 0 spiro atoms. The molecular weight excluding hydrogens is 432 g/mol. The molecule has 152 valence electrons. The molecule has 0 atom stereocenters. The fourth-order valence-electron chi connectivity index (χ4n) is 3.02. The average molecular weight is 451 g/mol. The van der Waals surface area contributed by atoms with Crippen molar-refractivity contribution in [3.8, 4) is 11.4 Å². The van der Waals surface area contributed by atoms with E-state index in [1.54, 1.807) is 24.3 Å². The van der Waals surface area contributed by atoms with Crippen molar-refractivity contribution in [1.82, 2.24) is 19.4 Å². The van der Waals surface area contributed by atoms with Crippen LogP contribution in [-0.2, 0) is 15.8 Å². The van der Waals surface area contributed by atoms with Crippen LogP contribution in [0.5, 0.6) is 0 Å². The van der Waals surface area contributed by atoms with Crippen molar-refractivity contribution in [1.29, 1.82) is 0 Å². The topological polar surface area (TPSA) is 89.2 Å². The van der Waals surface area contributed by atoms with Crippen LogP contribution in [0.2, 0.25) is 5.02 Å². The summed E-state index contributed by atoms with van der Waals surface area (Å²) in [5.74, 6) is 1.39. The van der Waals surface area contributed by atoms with Crippen LogP contribution in [-0.4, -0.2) is 40.9 Å². The molecule has 7 nitrogen and oxygen atoms in total. The molecule has 0 radical (unpaired) electrons. The Morgan fingerprint density at radius 3 is 2.52 bits per heavy atom. The van der Waals surface area contributed by atoms with E-state index in [0.717, 1.165) is 24.8 Å². The number of benzene rings is 1. The second kappa shape index (κ2) is 8.83. The summed E-state index contributed by atoms with van der Waals surface area (Å²) in [4.78, 5) is 8.88. The molecule has 3 aromatic rings. The average Bonchev–Trinajstić information content (AvgIpc) is 3.23. The van der Waals surface area contributed by atoms with Crippen LogP contribution in [0.3, 0.4) is 0 Å². The first-order valence-corrected chi connectivity index (χ1v) is 12.0. The van der Waals surface area contributed by atoms with E-state index in [1.807, 2.05) is 12.1 Å². The van der Waals surface area contributed by atoms with Crippen LogP contribution in [0.15, 0.2) is 57.0 Å². The molecule has 1 aliphatic rings. The minimum atomic E-state index is -3.46. The Bertz CT molecular complexity index is 1060. The van der Waals surface area contributed by atoms with Crippen molar-refractivity contribution in [3.05, 3.63) is 53.5 Å². The van der Waals surface area contributed by atoms with E-state index in [-0.39, 0.29) is 4.90 Å². The van der Waals surface area contributed by atoms with Crippen LogP contribution in [0.25, 0.3) is 11.4 Å². The Kier molecular flexibility index (Phi) is 6.19. The van der Waals surface area contributed by atoms with E-state index in [0.29, 0.717) is 40.6 Å². The number of hydrogen-bond donors (Lipinski definition) is 0. The van der Waals surface area contributed by atoms with Crippen molar-refractivity contribution < 1.29 is 12.9 Å². The SMILES string of the molecule is O=S(=O)(c1ccc(SCc2nc(-c3ccc(Cl)cc3)no2)nc1)N1CCCCC1. The van der Waals surface area contributed by atoms with Gasteiger partial charge in [0.05, 0.1) is 10.8 Å². The largest absolute Gasteiger partial charge is 0.338 e. The molecule has 1 aromatic carbocycles. The van der Waals surface area contributed by atoms with Gasteiger partial charge < -0.3 is 4.52 Å². The van der Waals surface area contributed by atoms with Gasteiger partial charge >= 0.3 is 0 Å². The van der Waals surface area contributed by atoms with Gasteiger partial charge in [0.1, 0.15) is 4.90 Å². The molecule has 3 heterocycles. The number of hydrogen-bond acceptors (Lipinski definition) is 7. The van der Waals surface area contributed by atoms with E-state index in [1.165, 1.54) is 22.3 Å². The number of sulfonamides is 1. The highest BCUT2D eigenvalue weighted by Gasteiger charge is 2.26. The van der Waals surface area contributed by atoms with Crippen molar-refractivity contribution >= 4 is 33.4 Å². The smallest absolute Gasteiger partial charge is 0.244 e. The number of nitrogens with zero attached hydrogens (tertiary/aromatic N) is 4. The van der Waals surface area contributed by atoms with Crippen LogP contribution in [0.4, 0.5) is 0 Å². The molecule has 0 N–H and O–H groups in total.